The lowest BCUT2D eigenvalue weighted by molar-refractivity contribution is 0.0616. The first kappa shape index (κ1) is 17.1. The highest BCUT2D eigenvalue weighted by Crippen LogP contribution is 2.30. The summed E-state index contributed by atoms with van der Waals surface area (Å²) in [6.07, 6.45) is 1.54. The molecule has 0 fully saturated rings. The minimum Gasteiger partial charge on any atom is -0.497 e. The van der Waals surface area contributed by atoms with Crippen molar-refractivity contribution in [2.45, 2.75) is 0 Å². The molecule has 4 aromatic carbocycles. The summed E-state index contributed by atoms with van der Waals surface area (Å²) in [6, 6.07) is 22.5. The topological polar surface area (TPSA) is 59.0 Å². The Morgan fingerprint density at radius 3 is 2.14 bits per heavy atom. The summed E-state index contributed by atoms with van der Waals surface area (Å²) in [5.41, 5.74) is 1.77. The molecule has 0 saturated carbocycles. The molecule has 0 N–H and O–H groups in total. The molecular formula is C24H16N2O3. The quantitative estimate of drug-likeness (QED) is 0.385. The summed E-state index contributed by atoms with van der Waals surface area (Å²) in [5, 5.41) is 8.78. The molecule has 1 heterocycles. The van der Waals surface area contributed by atoms with Crippen LogP contribution in [0.1, 0.15) is 26.3 Å². The average Bonchev–Trinajstić information content (AvgIpc) is 2.76. The van der Waals surface area contributed by atoms with Crippen LogP contribution in [0.15, 0.2) is 77.9 Å². The zero-order chi connectivity index (χ0) is 20.0. The van der Waals surface area contributed by atoms with Crippen molar-refractivity contribution in [1.82, 2.24) is 5.01 Å². The molecule has 0 aliphatic carbocycles. The van der Waals surface area contributed by atoms with E-state index in [-0.39, 0.29) is 0 Å². The summed E-state index contributed by atoms with van der Waals surface area (Å²) >= 11 is 0. The fraction of sp³-hybridized carbons (Fsp3) is 0.0417. The molecule has 0 radical (unpaired) electrons. The van der Waals surface area contributed by atoms with E-state index in [0.717, 1.165) is 32.5 Å². The van der Waals surface area contributed by atoms with Crippen LogP contribution in [0.5, 0.6) is 5.75 Å². The van der Waals surface area contributed by atoms with Crippen LogP contribution in [-0.4, -0.2) is 30.1 Å². The molecule has 1 aliphatic rings. The number of hydrogen-bond acceptors (Lipinski definition) is 4. The van der Waals surface area contributed by atoms with Gasteiger partial charge in [-0.15, -0.1) is 0 Å². The first-order valence-electron chi connectivity index (χ1n) is 9.18. The Labute approximate surface area is 166 Å². The maximum absolute atomic E-state index is 12.9. The van der Waals surface area contributed by atoms with Gasteiger partial charge in [-0.3, -0.25) is 9.59 Å². The van der Waals surface area contributed by atoms with Crippen LogP contribution >= 0.6 is 0 Å². The number of carbonyl (C=O) groups is 2. The lowest BCUT2D eigenvalue weighted by Crippen LogP contribution is -2.36. The Bertz CT molecular complexity index is 1290. The van der Waals surface area contributed by atoms with Gasteiger partial charge in [0, 0.05) is 5.39 Å². The van der Waals surface area contributed by atoms with Crippen LogP contribution in [0.25, 0.3) is 21.5 Å². The highest BCUT2D eigenvalue weighted by atomic mass is 16.5. The van der Waals surface area contributed by atoms with Gasteiger partial charge in [-0.1, -0.05) is 42.5 Å². The fourth-order valence-electron chi connectivity index (χ4n) is 3.70. The van der Waals surface area contributed by atoms with E-state index >= 15 is 0 Å². The number of hydrogen-bond donors (Lipinski definition) is 0. The van der Waals surface area contributed by atoms with E-state index in [2.05, 4.69) is 5.10 Å². The highest BCUT2D eigenvalue weighted by molar-refractivity contribution is 6.25. The van der Waals surface area contributed by atoms with Crippen molar-refractivity contribution in [3.8, 4) is 5.75 Å². The van der Waals surface area contributed by atoms with E-state index in [1.54, 1.807) is 19.2 Å². The normalized spacial score (nSPS) is 13.6. The summed E-state index contributed by atoms with van der Waals surface area (Å²) in [7, 11) is 1.63. The molecule has 0 spiro atoms. The van der Waals surface area contributed by atoms with Crippen LogP contribution < -0.4 is 4.74 Å². The van der Waals surface area contributed by atoms with Gasteiger partial charge in [0.2, 0.25) is 0 Å². The molecule has 0 bridgehead atoms. The first-order chi connectivity index (χ1) is 14.2. The SMILES string of the molecule is COc1ccc2cc(/C=N\N3C(=O)c4cccc5cccc(c45)C3=O)ccc2c1. The summed E-state index contributed by atoms with van der Waals surface area (Å²) in [4.78, 5) is 25.8. The molecular weight excluding hydrogens is 364 g/mol. The van der Waals surface area contributed by atoms with Crippen molar-refractivity contribution in [3.63, 3.8) is 0 Å². The van der Waals surface area contributed by atoms with Crippen molar-refractivity contribution >= 4 is 39.6 Å². The third-order valence-corrected chi connectivity index (χ3v) is 5.14. The zero-order valence-electron chi connectivity index (χ0n) is 15.6. The second-order valence-corrected chi connectivity index (χ2v) is 6.85. The van der Waals surface area contributed by atoms with Crippen molar-refractivity contribution < 1.29 is 14.3 Å². The monoisotopic (exact) mass is 380 g/mol. The molecule has 140 valence electrons. The Balaban J connectivity index is 1.52. The van der Waals surface area contributed by atoms with Crippen LogP contribution in [-0.2, 0) is 0 Å². The Morgan fingerprint density at radius 1 is 0.793 bits per heavy atom. The first-order valence-corrected chi connectivity index (χ1v) is 9.18. The fourth-order valence-corrected chi connectivity index (χ4v) is 3.70. The van der Waals surface area contributed by atoms with E-state index in [4.69, 9.17) is 4.74 Å². The van der Waals surface area contributed by atoms with E-state index in [0.29, 0.717) is 16.5 Å². The number of benzene rings is 4. The van der Waals surface area contributed by atoms with Gasteiger partial charge in [-0.2, -0.15) is 10.1 Å². The number of amides is 2. The number of nitrogens with zero attached hydrogens (tertiary/aromatic N) is 2. The minimum absolute atomic E-state index is 0.416. The van der Waals surface area contributed by atoms with E-state index in [1.165, 1.54) is 6.21 Å². The molecule has 29 heavy (non-hydrogen) atoms. The van der Waals surface area contributed by atoms with Gasteiger partial charge in [-0.25, -0.2) is 0 Å². The Hall–Kier alpha value is -3.99. The van der Waals surface area contributed by atoms with Crippen molar-refractivity contribution in [1.29, 1.82) is 0 Å². The van der Waals surface area contributed by atoms with Crippen LogP contribution in [0.2, 0.25) is 0 Å². The van der Waals surface area contributed by atoms with Crippen molar-refractivity contribution in [2.24, 2.45) is 5.10 Å². The van der Waals surface area contributed by atoms with Crippen molar-refractivity contribution in [3.05, 3.63) is 89.5 Å². The maximum Gasteiger partial charge on any atom is 0.282 e. The van der Waals surface area contributed by atoms with Crippen LogP contribution in [0.4, 0.5) is 0 Å². The van der Waals surface area contributed by atoms with Gasteiger partial charge >= 0.3 is 0 Å². The molecule has 0 saturated heterocycles. The maximum atomic E-state index is 12.9. The summed E-state index contributed by atoms with van der Waals surface area (Å²) in [5.74, 6) is -0.0431. The molecule has 0 unspecified atom stereocenters. The molecule has 0 atom stereocenters. The number of ether oxygens (including phenoxy) is 1. The lowest BCUT2D eigenvalue weighted by Gasteiger charge is -2.23. The predicted octanol–water partition coefficient (Wildman–Crippen LogP) is 4.63. The number of hydrazone groups is 1. The number of rotatable bonds is 3. The van der Waals surface area contributed by atoms with Crippen molar-refractivity contribution in [2.75, 3.05) is 7.11 Å². The molecule has 1 aliphatic heterocycles. The number of imide groups is 1. The van der Waals surface area contributed by atoms with Crippen LogP contribution in [0, 0.1) is 0 Å². The van der Waals surface area contributed by atoms with Crippen LogP contribution in [0.3, 0.4) is 0 Å². The third kappa shape index (κ3) is 2.75. The van der Waals surface area contributed by atoms with Gasteiger partial charge < -0.3 is 4.74 Å². The minimum atomic E-state index is -0.416. The van der Waals surface area contributed by atoms with Gasteiger partial charge in [0.05, 0.1) is 24.5 Å². The average molecular weight is 380 g/mol. The van der Waals surface area contributed by atoms with E-state index in [9.17, 15) is 9.59 Å². The second-order valence-electron chi connectivity index (χ2n) is 6.85. The summed E-state index contributed by atoms with van der Waals surface area (Å²) in [6.45, 7) is 0. The largest absolute Gasteiger partial charge is 0.497 e. The Morgan fingerprint density at radius 2 is 1.45 bits per heavy atom. The standard InChI is InChI=1S/C24H16N2O3/c1-29-19-11-10-17-12-15(8-9-18(17)13-19)14-25-26-23(27)20-6-2-4-16-5-3-7-21(22(16)20)24(26)28/h2-14H,1H3/b25-14-. The highest BCUT2D eigenvalue weighted by Gasteiger charge is 2.32. The van der Waals surface area contributed by atoms with Gasteiger partial charge in [0.25, 0.3) is 11.8 Å². The lowest BCUT2D eigenvalue weighted by atomic mass is 9.95. The molecule has 5 nitrogen and oxygen atoms in total. The molecule has 4 aromatic rings. The Kier molecular flexibility index (Phi) is 3.88. The molecule has 2 amide bonds. The summed E-state index contributed by atoms with van der Waals surface area (Å²) < 4.78 is 5.25. The van der Waals surface area contributed by atoms with E-state index < -0.39 is 11.8 Å². The van der Waals surface area contributed by atoms with E-state index in [1.807, 2.05) is 60.7 Å². The molecule has 5 rings (SSSR count). The molecule has 0 aromatic heterocycles. The number of methoxy groups -OCH3 is 1. The second kappa shape index (κ2) is 6.56. The van der Waals surface area contributed by atoms with Gasteiger partial charge in [0.15, 0.2) is 0 Å². The number of fused-ring (bicyclic) bond motifs is 1. The number of carbonyl (C=O) groups excluding carboxylic acids is 2. The predicted molar refractivity (Wildman–Crippen MR) is 113 cm³/mol. The molecule has 5 heteroatoms. The zero-order valence-corrected chi connectivity index (χ0v) is 15.6. The third-order valence-electron chi connectivity index (χ3n) is 5.14. The van der Waals surface area contributed by atoms with Gasteiger partial charge in [0.1, 0.15) is 5.75 Å². The smallest absolute Gasteiger partial charge is 0.282 e. The van der Waals surface area contributed by atoms with Gasteiger partial charge in [-0.05, 0) is 52.1 Å².